The van der Waals surface area contributed by atoms with Crippen LogP contribution in [0.3, 0.4) is 0 Å². The number of unbranched alkanes of at least 4 members (excludes halogenated alkanes) is 8. The molecule has 0 spiro atoms. The molecule has 1 nitrogen and oxygen atoms in total. The number of aryl methyl sites for hydroxylation is 1. The minimum absolute atomic E-state index is 0. The van der Waals surface area contributed by atoms with Crippen LogP contribution in [0.15, 0.2) is 24.3 Å². The minimum Gasteiger partial charge on any atom is -0.508 e. The maximum Gasteiger partial charge on any atom is 0.118 e. The van der Waals surface area contributed by atoms with Crippen molar-refractivity contribution in [1.82, 2.24) is 0 Å². The largest absolute Gasteiger partial charge is 0.508 e. The smallest absolute Gasteiger partial charge is 0.118 e. The first kappa shape index (κ1) is 24.6. The Morgan fingerprint density at radius 2 is 1.14 bits per heavy atom. The van der Waals surface area contributed by atoms with Gasteiger partial charge < -0.3 is 5.11 Å². The van der Waals surface area contributed by atoms with E-state index in [4.69, 9.17) is 0 Å². The molecule has 0 amide bonds. The van der Waals surface area contributed by atoms with E-state index in [0.717, 1.165) is 12.0 Å². The molecule has 1 aromatic carbocycles. The van der Waals surface area contributed by atoms with Crippen molar-refractivity contribution in [1.29, 1.82) is 0 Å². The molecule has 0 aliphatic heterocycles. The van der Waals surface area contributed by atoms with Crippen molar-refractivity contribution in [3.05, 3.63) is 29.8 Å². The van der Waals surface area contributed by atoms with E-state index < -0.39 is 0 Å². The van der Waals surface area contributed by atoms with Gasteiger partial charge in [-0.05, 0) is 24.5 Å². The molecular weight excluding hydrogens is 400 g/mol. The van der Waals surface area contributed by atoms with E-state index in [9.17, 15) is 5.11 Å². The van der Waals surface area contributed by atoms with Crippen LogP contribution < -0.4 is 0 Å². The fourth-order valence-electron chi connectivity index (χ4n) is 2.32. The van der Waals surface area contributed by atoms with Crippen molar-refractivity contribution in [3.63, 3.8) is 0 Å². The van der Waals surface area contributed by atoms with E-state index in [2.05, 4.69) is 20.8 Å². The maximum absolute atomic E-state index is 9.55. The Morgan fingerprint density at radius 1 is 0.682 bits per heavy atom. The Bertz CT molecular complexity index is 321. The van der Waals surface area contributed by atoms with Gasteiger partial charge in [0.2, 0.25) is 0 Å². The fourth-order valence-corrected chi connectivity index (χ4v) is 2.32. The standard InChI is InChI=1S/C14H22O.C6H14.Nd/c1-2-3-4-5-6-7-10-13-11-8-9-12-14(13)15;1-3-5-6-4-2;/h8-9,11-12,15H,2-7,10H2,1H3;3-6H2,1-2H3;. The molecule has 1 rings (SSSR count). The first-order valence-corrected chi connectivity index (χ1v) is 9.03. The van der Waals surface area contributed by atoms with Gasteiger partial charge in [-0.2, -0.15) is 0 Å². The van der Waals surface area contributed by atoms with E-state index in [1.807, 2.05) is 18.2 Å². The molecule has 0 fully saturated rings. The summed E-state index contributed by atoms with van der Waals surface area (Å²) in [5.41, 5.74) is 1.09. The van der Waals surface area contributed by atoms with Crippen LogP contribution in [-0.4, -0.2) is 5.11 Å². The molecule has 0 saturated carbocycles. The number of rotatable bonds is 10. The zero-order valence-electron chi connectivity index (χ0n) is 15.0. The molecule has 0 aliphatic carbocycles. The summed E-state index contributed by atoms with van der Waals surface area (Å²) in [6.07, 6.45) is 14.4. The summed E-state index contributed by atoms with van der Waals surface area (Å²) in [6, 6.07) is 7.65. The molecule has 126 valence electrons. The SMILES string of the molecule is CCCCCC.CCCCCCCCc1ccccc1O.[Nd]. The molecule has 0 atom stereocenters. The quantitative estimate of drug-likeness (QED) is 0.396. The molecule has 0 bridgehead atoms. The van der Waals surface area contributed by atoms with Crippen molar-refractivity contribution in [3.8, 4) is 5.75 Å². The van der Waals surface area contributed by atoms with E-state index in [1.54, 1.807) is 6.07 Å². The first-order chi connectivity index (χ1) is 10.3. The monoisotopic (exact) mass is 434 g/mol. The minimum atomic E-state index is 0. The van der Waals surface area contributed by atoms with Gasteiger partial charge in [0.1, 0.15) is 5.75 Å². The van der Waals surface area contributed by atoms with Crippen LogP contribution in [-0.2, 0) is 6.42 Å². The normalized spacial score (nSPS) is 9.59. The van der Waals surface area contributed by atoms with Crippen molar-refractivity contribution < 1.29 is 45.9 Å². The summed E-state index contributed by atoms with van der Waals surface area (Å²) in [5, 5.41) is 9.55. The Labute approximate surface area is 171 Å². The van der Waals surface area contributed by atoms with E-state index >= 15 is 0 Å². The van der Waals surface area contributed by atoms with E-state index in [-0.39, 0.29) is 40.8 Å². The van der Waals surface area contributed by atoms with Crippen LogP contribution in [0, 0.1) is 40.8 Å². The van der Waals surface area contributed by atoms with Crippen molar-refractivity contribution >= 4 is 0 Å². The average molecular weight is 437 g/mol. The van der Waals surface area contributed by atoms with Gasteiger partial charge in [-0.15, -0.1) is 0 Å². The summed E-state index contributed by atoms with van der Waals surface area (Å²) in [7, 11) is 0. The molecule has 2 heteroatoms. The number of phenolic OH excluding ortho intramolecular Hbond substituents is 1. The van der Waals surface area contributed by atoms with Crippen LogP contribution in [0.1, 0.15) is 90.5 Å². The number of benzene rings is 1. The van der Waals surface area contributed by atoms with Gasteiger partial charge in [0, 0.05) is 40.8 Å². The maximum atomic E-state index is 9.55. The second kappa shape index (κ2) is 19.4. The molecule has 0 saturated heterocycles. The predicted molar refractivity (Wildman–Crippen MR) is 95.0 cm³/mol. The van der Waals surface area contributed by atoms with E-state index in [0.29, 0.717) is 5.75 Å². The first-order valence-electron chi connectivity index (χ1n) is 9.03. The van der Waals surface area contributed by atoms with Crippen molar-refractivity contribution in [2.45, 2.75) is 91.4 Å². The third-order valence-corrected chi connectivity index (χ3v) is 3.75. The third kappa shape index (κ3) is 15.3. The fraction of sp³-hybridized carbons (Fsp3) is 0.700. The Balaban J connectivity index is 0. The number of hydrogen-bond acceptors (Lipinski definition) is 1. The van der Waals surface area contributed by atoms with Gasteiger partial charge in [0.25, 0.3) is 0 Å². The molecule has 1 aromatic rings. The third-order valence-electron chi connectivity index (χ3n) is 3.75. The van der Waals surface area contributed by atoms with Crippen LogP contribution in [0.4, 0.5) is 0 Å². The molecule has 0 radical (unpaired) electrons. The zero-order valence-corrected chi connectivity index (χ0v) is 18.2. The second-order valence-electron chi connectivity index (χ2n) is 5.85. The summed E-state index contributed by atoms with van der Waals surface area (Å²) >= 11 is 0. The van der Waals surface area contributed by atoms with Gasteiger partial charge in [-0.3, -0.25) is 0 Å². The molecule has 0 unspecified atom stereocenters. The van der Waals surface area contributed by atoms with Crippen LogP contribution in [0.25, 0.3) is 0 Å². The van der Waals surface area contributed by atoms with Crippen LogP contribution in [0.5, 0.6) is 5.75 Å². The van der Waals surface area contributed by atoms with Gasteiger partial charge >= 0.3 is 0 Å². The Hall–Kier alpha value is 0.371. The topological polar surface area (TPSA) is 20.2 Å². The zero-order chi connectivity index (χ0) is 15.8. The molecule has 1 N–H and O–H groups in total. The second-order valence-corrected chi connectivity index (χ2v) is 5.85. The van der Waals surface area contributed by atoms with Crippen molar-refractivity contribution in [2.75, 3.05) is 0 Å². The molecular formula is C20H36NdO. The summed E-state index contributed by atoms with van der Waals surface area (Å²) < 4.78 is 0. The summed E-state index contributed by atoms with van der Waals surface area (Å²) in [4.78, 5) is 0. The van der Waals surface area contributed by atoms with Gasteiger partial charge in [0.15, 0.2) is 0 Å². The molecule has 22 heavy (non-hydrogen) atoms. The van der Waals surface area contributed by atoms with Gasteiger partial charge in [-0.1, -0.05) is 96.8 Å². The Morgan fingerprint density at radius 3 is 1.68 bits per heavy atom. The van der Waals surface area contributed by atoms with Crippen LogP contribution >= 0.6 is 0 Å². The number of para-hydroxylation sites is 1. The predicted octanol–water partition coefficient (Wildman–Crippen LogP) is 6.88. The molecule has 0 aliphatic rings. The van der Waals surface area contributed by atoms with Gasteiger partial charge in [0.05, 0.1) is 0 Å². The summed E-state index contributed by atoms with van der Waals surface area (Å²) in [6.45, 7) is 6.70. The summed E-state index contributed by atoms with van der Waals surface area (Å²) in [5.74, 6) is 0.450. The number of hydrogen-bond donors (Lipinski definition) is 1. The number of aromatic hydroxyl groups is 1. The number of phenols is 1. The molecule has 0 aromatic heterocycles. The average Bonchev–Trinajstić information content (AvgIpc) is 2.51. The van der Waals surface area contributed by atoms with Crippen molar-refractivity contribution in [2.24, 2.45) is 0 Å². The Kier molecular flexibility index (Phi) is 21.7. The van der Waals surface area contributed by atoms with Crippen LogP contribution in [0.2, 0.25) is 0 Å². The molecule has 0 heterocycles. The van der Waals surface area contributed by atoms with Gasteiger partial charge in [-0.25, -0.2) is 0 Å². The van der Waals surface area contributed by atoms with E-state index in [1.165, 1.54) is 64.2 Å².